The number of sulfone groups is 1. The zero-order chi connectivity index (χ0) is 23.0. The van der Waals surface area contributed by atoms with E-state index in [1.165, 1.54) is 13.1 Å². The van der Waals surface area contributed by atoms with E-state index in [2.05, 4.69) is 20.5 Å². The van der Waals surface area contributed by atoms with E-state index < -0.39 is 39.8 Å². The van der Waals surface area contributed by atoms with Gasteiger partial charge in [0.15, 0.2) is 6.61 Å². The van der Waals surface area contributed by atoms with E-state index in [9.17, 15) is 26.4 Å². The molecule has 2 N–H and O–H groups in total. The molecule has 0 saturated heterocycles. The zero-order valence-electron chi connectivity index (χ0n) is 17.2. The van der Waals surface area contributed by atoms with Crippen molar-refractivity contribution in [2.75, 3.05) is 18.6 Å². The summed E-state index contributed by atoms with van der Waals surface area (Å²) in [5.41, 5.74) is -0.0963. The van der Waals surface area contributed by atoms with Crippen LogP contribution in [-0.2, 0) is 15.4 Å². The molecule has 1 fully saturated rings. The third kappa shape index (κ3) is 6.18. The summed E-state index contributed by atoms with van der Waals surface area (Å²) in [5, 5.41) is 9.38. The molecular formula is C19H23F3N4O4S. The number of aromatic amines is 1. The van der Waals surface area contributed by atoms with Crippen molar-refractivity contribution in [1.29, 1.82) is 0 Å². The van der Waals surface area contributed by atoms with Crippen molar-refractivity contribution in [3.8, 4) is 5.75 Å². The highest BCUT2D eigenvalue weighted by atomic mass is 32.2. The van der Waals surface area contributed by atoms with Crippen LogP contribution in [-0.4, -0.2) is 54.3 Å². The highest BCUT2D eigenvalue weighted by molar-refractivity contribution is 7.90. The van der Waals surface area contributed by atoms with Crippen LogP contribution in [0, 0.1) is 6.92 Å². The third-order valence-corrected chi connectivity index (χ3v) is 5.85. The number of hydrogen-bond acceptors (Lipinski definition) is 6. The predicted molar refractivity (Wildman–Crippen MR) is 106 cm³/mol. The summed E-state index contributed by atoms with van der Waals surface area (Å²) in [4.78, 5) is 17.0. The van der Waals surface area contributed by atoms with E-state index in [1.54, 1.807) is 13.0 Å². The Bertz CT molecular complexity index is 1080. The van der Waals surface area contributed by atoms with Crippen molar-refractivity contribution in [3.05, 3.63) is 41.0 Å². The number of pyridine rings is 1. The first-order chi connectivity index (χ1) is 14.3. The first-order valence-electron chi connectivity index (χ1n) is 9.48. The molecule has 0 radical (unpaired) electrons. The van der Waals surface area contributed by atoms with Crippen molar-refractivity contribution >= 4 is 15.7 Å². The van der Waals surface area contributed by atoms with Crippen molar-refractivity contribution in [1.82, 2.24) is 20.5 Å². The summed E-state index contributed by atoms with van der Waals surface area (Å²) in [6.45, 7) is 1.74. The van der Waals surface area contributed by atoms with Crippen LogP contribution in [0.25, 0.3) is 0 Å². The molecule has 0 spiro atoms. The SMILES string of the molecule is Cc1cc([C@](C)(CS(C)(=O)=O)NC(=O)c2cc(OCC(F)(F)F)c(C3CC3)cn2)n[nH]1. The minimum absolute atomic E-state index is 0.0513. The highest BCUT2D eigenvalue weighted by Crippen LogP contribution is 2.44. The average molecular weight is 460 g/mol. The van der Waals surface area contributed by atoms with Gasteiger partial charge in [-0.3, -0.25) is 14.9 Å². The lowest BCUT2D eigenvalue weighted by Crippen LogP contribution is -2.48. The Labute approximate surface area is 177 Å². The zero-order valence-corrected chi connectivity index (χ0v) is 18.0. The van der Waals surface area contributed by atoms with Gasteiger partial charge in [-0.15, -0.1) is 0 Å². The molecule has 1 saturated carbocycles. The maximum Gasteiger partial charge on any atom is 0.422 e. The Kier molecular flexibility index (Phi) is 6.05. The topological polar surface area (TPSA) is 114 Å². The van der Waals surface area contributed by atoms with Gasteiger partial charge in [-0.05, 0) is 38.7 Å². The highest BCUT2D eigenvalue weighted by Gasteiger charge is 2.36. The lowest BCUT2D eigenvalue weighted by molar-refractivity contribution is -0.153. The van der Waals surface area contributed by atoms with Gasteiger partial charge in [0, 0.05) is 29.8 Å². The van der Waals surface area contributed by atoms with Gasteiger partial charge in [0.05, 0.1) is 17.0 Å². The predicted octanol–water partition coefficient (Wildman–Crippen LogP) is 2.62. The summed E-state index contributed by atoms with van der Waals surface area (Å²) < 4.78 is 66.8. The number of halogens is 3. The smallest absolute Gasteiger partial charge is 0.422 e. The van der Waals surface area contributed by atoms with Crippen LogP contribution in [0.3, 0.4) is 0 Å². The van der Waals surface area contributed by atoms with Crippen LogP contribution in [0.15, 0.2) is 18.3 Å². The van der Waals surface area contributed by atoms with Gasteiger partial charge in [-0.25, -0.2) is 8.42 Å². The molecule has 1 aliphatic carbocycles. The summed E-state index contributed by atoms with van der Waals surface area (Å²) in [7, 11) is -3.53. The van der Waals surface area contributed by atoms with Gasteiger partial charge in [0.25, 0.3) is 5.91 Å². The Morgan fingerprint density at radius 3 is 2.52 bits per heavy atom. The van der Waals surface area contributed by atoms with E-state index in [-0.39, 0.29) is 17.4 Å². The first-order valence-corrected chi connectivity index (χ1v) is 11.5. The van der Waals surface area contributed by atoms with E-state index in [4.69, 9.17) is 4.74 Å². The average Bonchev–Trinajstić information content (AvgIpc) is 3.37. The van der Waals surface area contributed by atoms with Crippen LogP contribution in [0.5, 0.6) is 5.75 Å². The Hall–Kier alpha value is -2.63. The number of ether oxygens (including phenoxy) is 1. The fourth-order valence-electron chi connectivity index (χ4n) is 3.27. The monoisotopic (exact) mass is 460 g/mol. The molecule has 2 aromatic rings. The molecule has 31 heavy (non-hydrogen) atoms. The van der Waals surface area contributed by atoms with Crippen LogP contribution < -0.4 is 10.1 Å². The lowest BCUT2D eigenvalue weighted by atomic mass is 9.99. The van der Waals surface area contributed by atoms with E-state index >= 15 is 0 Å². The largest absolute Gasteiger partial charge is 0.484 e. The molecule has 0 aliphatic heterocycles. The van der Waals surface area contributed by atoms with E-state index in [0.717, 1.165) is 25.2 Å². The number of nitrogens with zero attached hydrogens (tertiary/aromatic N) is 2. The van der Waals surface area contributed by atoms with Gasteiger partial charge >= 0.3 is 6.18 Å². The second kappa shape index (κ2) is 8.13. The van der Waals surface area contributed by atoms with Crippen LogP contribution in [0.2, 0.25) is 0 Å². The van der Waals surface area contributed by atoms with E-state index in [0.29, 0.717) is 17.0 Å². The van der Waals surface area contributed by atoms with Gasteiger partial charge in [0.2, 0.25) is 0 Å². The van der Waals surface area contributed by atoms with Crippen LogP contribution in [0.4, 0.5) is 13.2 Å². The fraction of sp³-hybridized carbons (Fsp3) is 0.526. The maximum atomic E-state index is 12.9. The third-order valence-electron chi connectivity index (χ3n) is 4.75. The molecule has 2 aromatic heterocycles. The Morgan fingerprint density at radius 2 is 2.00 bits per heavy atom. The van der Waals surface area contributed by atoms with Gasteiger partial charge in [-0.2, -0.15) is 18.3 Å². The summed E-state index contributed by atoms with van der Waals surface area (Å²) >= 11 is 0. The second-order valence-electron chi connectivity index (χ2n) is 8.08. The summed E-state index contributed by atoms with van der Waals surface area (Å²) in [6, 6.07) is 2.76. The Morgan fingerprint density at radius 1 is 1.32 bits per heavy atom. The molecular weight excluding hydrogens is 437 g/mol. The molecule has 0 aromatic carbocycles. The normalized spacial score (nSPS) is 16.6. The van der Waals surface area contributed by atoms with Crippen molar-refractivity contribution in [2.24, 2.45) is 0 Å². The number of amides is 1. The molecule has 1 amide bonds. The molecule has 0 unspecified atom stereocenters. The van der Waals surface area contributed by atoms with Gasteiger partial charge in [0.1, 0.15) is 21.3 Å². The van der Waals surface area contributed by atoms with Crippen molar-refractivity contribution in [3.63, 3.8) is 0 Å². The van der Waals surface area contributed by atoms with Gasteiger partial charge < -0.3 is 10.1 Å². The van der Waals surface area contributed by atoms with Crippen molar-refractivity contribution in [2.45, 2.75) is 44.3 Å². The van der Waals surface area contributed by atoms with Gasteiger partial charge in [-0.1, -0.05) is 0 Å². The molecule has 12 heteroatoms. The number of rotatable bonds is 8. The second-order valence-corrected chi connectivity index (χ2v) is 10.2. The number of carbonyl (C=O) groups is 1. The number of aryl methyl sites for hydroxylation is 1. The molecule has 1 atom stereocenters. The van der Waals surface area contributed by atoms with Crippen molar-refractivity contribution < 1.29 is 31.1 Å². The molecule has 8 nitrogen and oxygen atoms in total. The molecule has 3 rings (SSSR count). The minimum Gasteiger partial charge on any atom is -0.484 e. The fourth-order valence-corrected chi connectivity index (χ4v) is 4.54. The standard InChI is InChI=1S/C19H23F3N4O4S/c1-11-6-16(26-25-11)18(2,10-31(3,28)29)24-17(27)14-7-15(30-9-19(20,21)22)13(8-23-14)12-4-5-12/h6-8,12H,4-5,9-10H2,1-3H3,(H,24,27)(H,25,26)/t18-/m0/s1. The molecule has 2 heterocycles. The number of aromatic nitrogens is 3. The molecule has 170 valence electrons. The molecule has 0 bridgehead atoms. The maximum absolute atomic E-state index is 12.9. The minimum atomic E-state index is -4.53. The number of hydrogen-bond donors (Lipinski definition) is 2. The van der Waals surface area contributed by atoms with E-state index in [1.807, 2.05) is 0 Å². The number of alkyl halides is 3. The number of carbonyl (C=O) groups excluding carboxylic acids is 1. The Balaban J connectivity index is 1.89. The lowest BCUT2D eigenvalue weighted by Gasteiger charge is -2.28. The quantitative estimate of drug-likeness (QED) is 0.626. The summed E-state index contributed by atoms with van der Waals surface area (Å²) in [6.07, 6.45) is -0.549. The number of H-pyrrole nitrogens is 1. The molecule has 1 aliphatic rings. The number of nitrogens with one attached hydrogen (secondary N) is 2. The first kappa shape index (κ1) is 23.0. The van der Waals surface area contributed by atoms with Crippen LogP contribution >= 0.6 is 0 Å². The van der Waals surface area contributed by atoms with Crippen LogP contribution in [0.1, 0.15) is 53.1 Å². The summed E-state index contributed by atoms with van der Waals surface area (Å²) in [5.74, 6) is -1.20.